The van der Waals surface area contributed by atoms with E-state index in [4.69, 9.17) is 5.73 Å². The van der Waals surface area contributed by atoms with Crippen LogP contribution < -0.4 is 11.1 Å². The number of nitrogens with one attached hydrogen (secondary N) is 1. The highest BCUT2D eigenvalue weighted by Crippen LogP contribution is 2.00. The van der Waals surface area contributed by atoms with Crippen LogP contribution in [-0.4, -0.2) is 27.0 Å². The first-order valence-corrected chi connectivity index (χ1v) is 5.65. The van der Waals surface area contributed by atoms with Crippen LogP contribution in [0.3, 0.4) is 0 Å². The Kier molecular flexibility index (Phi) is 3.57. The SMILES string of the molecule is Cc1nccn1CCNC(=O)c1cccc(N)n1. The monoisotopic (exact) mass is 245 g/mol. The van der Waals surface area contributed by atoms with Gasteiger partial charge >= 0.3 is 0 Å². The number of hydrogen-bond donors (Lipinski definition) is 2. The summed E-state index contributed by atoms with van der Waals surface area (Å²) in [6, 6.07) is 4.98. The molecule has 0 bridgehead atoms. The summed E-state index contributed by atoms with van der Waals surface area (Å²) in [5.41, 5.74) is 5.85. The maximum absolute atomic E-state index is 11.8. The molecule has 2 rings (SSSR count). The van der Waals surface area contributed by atoms with Crippen molar-refractivity contribution in [1.29, 1.82) is 0 Å². The van der Waals surface area contributed by atoms with Gasteiger partial charge in [-0.3, -0.25) is 4.79 Å². The second-order valence-corrected chi connectivity index (χ2v) is 3.87. The smallest absolute Gasteiger partial charge is 0.270 e. The van der Waals surface area contributed by atoms with Crippen LogP contribution in [-0.2, 0) is 6.54 Å². The molecule has 0 aromatic carbocycles. The molecular formula is C12H15N5O. The summed E-state index contributed by atoms with van der Waals surface area (Å²) >= 11 is 0. The van der Waals surface area contributed by atoms with Crippen molar-refractivity contribution in [2.24, 2.45) is 0 Å². The van der Waals surface area contributed by atoms with E-state index in [1.54, 1.807) is 24.4 Å². The number of amides is 1. The zero-order valence-electron chi connectivity index (χ0n) is 10.1. The van der Waals surface area contributed by atoms with E-state index in [1.807, 2.05) is 17.7 Å². The Morgan fingerprint density at radius 3 is 3.00 bits per heavy atom. The minimum atomic E-state index is -0.222. The predicted molar refractivity (Wildman–Crippen MR) is 67.9 cm³/mol. The van der Waals surface area contributed by atoms with Gasteiger partial charge in [-0.1, -0.05) is 6.07 Å². The minimum absolute atomic E-state index is 0.222. The molecule has 0 aliphatic carbocycles. The number of hydrogen-bond acceptors (Lipinski definition) is 4. The van der Waals surface area contributed by atoms with Crippen molar-refractivity contribution >= 4 is 11.7 Å². The fraction of sp³-hybridized carbons (Fsp3) is 0.250. The minimum Gasteiger partial charge on any atom is -0.384 e. The van der Waals surface area contributed by atoms with E-state index in [-0.39, 0.29) is 5.91 Å². The molecule has 2 aromatic rings. The fourth-order valence-electron chi connectivity index (χ4n) is 1.60. The van der Waals surface area contributed by atoms with Crippen molar-refractivity contribution in [2.75, 3.05) is 12.3 Å². The van der Waals surface area contributed by atoms with E-state index in [9.17, 15) is 4.79 Å². The molecule has 0 spiro atoms. The molecule has 94 valence electrons. The molecule has 2 aromatic heterocycles. The Balaban J connectivity index is 1.87. The number of imidazole rings is 1. The van der Waals surface area contributed by atoms with Gasteiger partial charge in [0.2, 0.25) is 0 Å². The molecule has 0 saturated heterocycles. The third-order valence-electron chi connectivity index (χ3n) is 2.57. The first-order chi connectivity index (χ1) is 8.66. The van der Waals surface area contributed by atoms with Crippen molar-refractivity contribution in [1.82, 2.24) is 19.9 Å². The Bertz CT molecular complexity index is 549. The lowest BCUT2D eigenvalue weighted by Gasteiger charge is -2.07. The molecule has 3 N–H and O–H groups in total. The third-order valence-corrected chi connectivity index (χ3v) is 2.57. The van der Waals surface area contributed by atoms with E-state index in [0.29, 0.717) is 24.6 Å². The molecule has 2 heterocycles. The third kappa shape index (κ3) is 2.85. The average molecular weight is 245 g/mol. The van der Waals surface area contributed by atoms with Gasteiger partial charge in [0.05, 0.1) is 0 Å². The topological polar surface area (TPSA) is 85.8 Å². The van der Waals surface area contributed by atoms with E-state index < -0.39 is 0 Å². The van der Waals surface area contributed by atoms with Crippen molar-refractivity contribution in [3.8, 4) is 0 Å². The molecule has 0 aliphatic heterocycles. The zero-order valence-corrected chi connectivity index (χ0v) is 10.1. The number of carbonyl (C=O) groups excluding carboxylic acids is 1. The summed E-state index contributed by atoms with van der Waals surface area (Å²) in [4.78, 5) is 19.8. The molecule has 1 amide bonds. The van der Waals surface area contributed by atoms with Gasteiger partial charge in [-0.15, -0.1) is 0 Å². The van der Waals surface area contributed by atoms with Gasteiger partial charge in [-0.25, -0.2) is 9.97 Å². The second kappa shape index (κ2) is 5.31. The van der Waals surface area contributed by atoms with Gasteiger partial charge in [0.1, 0.15) is 17.3 Å². The highest BCUT2D eigenvalue weighted by molar-refractivity contribution is 5.92. The molecule has 18 heavy (non-hydrogen) atoms. The Morgan fingerprint density at radius 2 is 2.33 bits per heavy atom. The van der Waals surface area contributed by atoms with E-state index in [0.717, 1.165) is 5.82 Å². The number of nitrogen functional groups attached to an aromatic ring is 1. The highest BCUT2D eigenvalue weighted by atomic mass is 16.1. The quantitative estimate of drug-likeness (QED) is 0.825. The summed E-state index contributed by atoms with van der Waals surface area (Å²) < 4.78 is 1.97. The second-order valence-electron chi connectivity index (χ2n) is 3.87. The summed E-state index contributed by atoms with van der Waals surface area (Å²) in [7, 11) is 0. The highest BCUT2D eigenvalue weighted by Gasteiger charge is 2.06. The van der Waals surface area contributed by atoms with Crippen LogP contribution in [0.2, 0.25) is 0 Å². The largest absolute Gasteiger partial charge is 0.384 e. The van der Waals surface area contributed by atoms with Crippen molar-refractivity contribution in [2.45, 2.75) is 13.5 Å². The Hall–Kier alpha value is -2.37. The van der Waals surface area contributed by atoms with E-state index in [2.05, 4.69) is 15.3 Å². The first-order valence-electron chi connectivity index (χ1n) is 5.65. The number of aryl methyl sites for hydroxylation is 1. The molecule has 0 fully saturated rings. The van der Waals surface area contributed by atoms with E-state index in [1.165, 1.54) is 0 Å². The van der Waals surface area contributed by atoms with Crippen LogP contribution in [0.25, 0.3) is 0 Å². The molecule has 0 unspecified atom stereocenters. The molecule has 6 nitrogen and oxygen atoms in total. The summed E-state index contributed by atoms with van der Waals surface area (Å²) in [6.07, 6.45) is 3.61. The number of aromatic nitrogens is 3. The Labute approximate surface area is 105 Å². The van der Waals surface area contributed by atoms with Crippen LogP contribution in [0, 0.1) is 6.92 Å². The van der Waals surface area contributed by atoms with Gasteiger partial charge in [-0.05, 0) is 19.1 Å². The molecule has 0 aliphatic rings. The lowest BCUT2D eigenvalue weighted by atomic mass is 10.3. The number of rotatable bonds is 4. The summed E-state index contributed by atoms with van der Waals surface area (Å²) in [5.74, 6) is 1.04. The van der Waals surface area contributed by atoms with Crippen LogP contribution in [0.5, 0.6) is 0 Å². The fourth-order valence-corrected chi connectivity index (χ4v) is 1.60. The molecule has 0 radical (unpaired) electrons. The zero-order chi connectivity index (χ0) is 13.0. The van der Waals surface area contributed by atoms with Crippen LogP contribution in [0.1, 0.15) is 16.3 Å². The normalized spacial score (nSPS) is 10.3. The maximum atomic E-state index is 11.8. The number of carbonyl (C=O) groups is 1. The van der Waals surface area contributed by atoms with Gasteiger partial charge in [0.25, 0.3) is 5.91 Å². The van der Waals surface area contributed by atoms with Crippen molar-refractivity contribution in [3.05, 3.63) is 42.1 Å². The van der Waals surface area contributed by atoms with Gasteiger partial charge < -0.3 is 15.6 Å². The number of anilines is 1. The van der Waals surface area contributed by atoms with Crippen LogP contribution >= 0.6 is 0 Å². The van der Waals surface area contributed by atoms with Crippen molar-refractivity contribution in [3.63, 3.8) is 0 Å². The van der Waals surface area contributed by atoms with Gasteiger partial charge in [0.15, 0.2) is 0 Å². The first kappa shape index (κ1) is 12.1. The molecule has 6 heteroatoms. The number of nitrogens with two attached hydrogens (primary N) is 1. The van der Waals surface area contributed by atoms with Gasteiger partial charge in [-0.2, -0.15) is 0 Å². The number of nitrogens with zero attached hydrogens (tertiary/aromatic N) is 3. The predicted octanol–water partition coefficient (Wildman–Crippen LogP) is 0.599. The lowest BCUT2D eigenvalue weighted by molar-refractivity contribution is 0.0947. The molecule has 0 atom stereocenters. The summed E-state index contributed by atoms with van der Waals surface area (Å²) in [5, 5.41) is 2.79. The van der Waals surface area contributed by atoms with E-state index >= 15 is 0 Å². The average Bonchev–Trinajstić information content (AvgIpc) is 2.75. The van der Waals surface area contributed by atoms with Crippen molar-refractivity contribution < 1.29 is 4.79 Å². The number of pyridine rings is 1. The standard InChI is InChI=1S/C12H15N5O/c1-9-14-5-7-17(9)8-6-15-12(18)10-3-2-4-11(13)16-10/h2-5,7H,6,8H2,1H3,(H2,13,16)(H,15,18). The van der Waals surface area contributed by atoms with Crippen LogP contribution in [0.4, 0.5) is 5.82 Å². The summed E-state index contributed by atoms with van der Waals surface area (Å²) in [6.45, 7) is 3.12. The molecular weight excluding hydrogens is 230 g/mol. The maximum Gasteiger partial charge on any atom is 0.270 e. The molecule has 0 saturated carbocycles. The Morgan fingerprint density at radius 1 is 1.50 bits per heavy atom. The lowest BCUT2D eigenvalue weighted by Crippen LogP contribution is -2.28. The van der Waals surface area contributed by atoms with Gasteiger partial charge in [0, 0.05) is 25.5 Å². The van der Waals surface area contributed by atoms with Crippen LogP contribution in [0.15, 0.2) is 30.6 Å².